The van der Waals surface area contributed by atoms with E-state index in [1.54, 1.807) is 0 Å². The summed E-state index contributed by atoms with van der Waals surface area (Å²) in [6.45, 7) is 2.28. The minimum Gasteiger partial charge on any atom is -0.399 e. The molecule has 0 aliphatic carbocycles. The maximum Gasteiger partial charge on any atom is 0.352 e. The third kappa shape index (κ3) is 9.88. The summed E-state index contributed by atoms with van der Waals surface area (Å²) in [5, 5.41) is 0. The number of hydrogen-bond donors (Lipinski definition) is 1. The summed E-state index contributed by atoms with van der Waals surface area (Å²) in [5.41, 5.74) is 6.18. The zero-order valence-electron chi connectivity index (χ0n) is 8.60. The number of para-hydroxylation sites is 1. The van der Waals surface area contributed by atoms with Crippen molar-refractivity contribution >= 4 is 17.6 Å². The van der Waals surface area contributed by atoms with Gasteiger partial charge in [-0.2, -0.15) is 0 Å². The Morgan fingerprint density at radius 2 is 1.40 bits per heavy atom. The van der Waals surface area contributed by atoms with Crippen molar-refractivity contribution < 1.29 is 19.4 Å². The Labute approximate surface area is 87.7 Å². The van der Waals surface area contributed by atoms with Crippen molar-refractivity contribution in [2.45, 2.75) is 13.8 Å². The lowest BCUT2D eigenvalue weighted by Gasteiger charge is -1.93. The molecule has 1 rings (SSSR count). The highest BCUT2D eigenvalue weighted by Crippen LogP contribution is 1.95. The molecule has 0 atom stereocenters. The predicted octanol–water partition coefficient (Wildman–Crippen LogP) is 1.30. The Kier molecular flexibility index (Phi) is 6.37. The Bertz CT molecular complexity index is 296. The third-order valence-corrected chi connectivity index (χ3v) is 1.08. The van der Waals surface area contributed by atoms with Crippen LogP contribution in [0.25, 0.3) is 0 Å². The molecule has 0 amide bonds. The SMILES string of the molecule is CC(=O)OOC(C)=O.Nc1ccccc1. The first-order valence-electron chi connectivity index (χ1n) is 4.18. The van der Waals surface area contributed by atoms with Crippen molar-refractivity contribution in [3.8, 4) is 0 Å². The maximum absolute atomic E-state index is 9.85. The smallest absolute Gasteiger partial charge is 0.352 e. The molecule has 1 aromatic carbocycles. The van der Waals surface area contributed by atoms with Gasteiger partial charge in [-0.25, -0.2) is 19.4 Å². The molecule has 0 aliphatic rings. The van der Waals surface area contributed by atoms with Crippen molar-refractivity contribution in [2.75, 3.05) is 5.73 Å². The molecule has 5 heteroatoms. The van der Waals surface area contributed by atoms with Crippen LogP contribution in [-0.4, -0.2) is 11.9 Å². The first-order valence-corrected chi connectivity index (χ1v) is 4.18. The molecule has 0 fully saturated rings. The molecule has 1 aromatic rings. The first-order chi connectivity index (χ1) is 7.02. The standard InChI is InChI=1S/C6H7N.C4H6O4/c7-6-4-2-1-3-5-6;1-3(5)7-8-4(2)6/h1-5H,7H2;1-2H3. The minimum absolute atomic E-state index is 0.639. The zero-order valence-corrected chi connectivity index (χ0v) is 8.60. The van der Waals surface area contributed by atoms with Crippen LogP contribution in [0.1, 0.15) is 13.8 Å². The van der Waals surface area contributed by atoms with E-state index in [-0.39, 0.29) is 0 Å². The van der Waals surface area contributed by atoms with E-state index in [9.17, 15) is 9.59 Å². The average molecular weight is 211 g/mol. The van der Waals surface area contributed by atoms with Crippen molar-refractivity contribution in [1.29, 1.82) is 0 Å². The highest BCUT2D eigenvalue weighted by Gasteiger charge is 1.95. The lowest BCUT2D eigenvalue weighted by molar-refractivity contribution is -0.255. The zero-order chi connectivity index (χ0) is 11.7. The van der Waals surface area contributed by atoms with Gasteiger partial charge in [0.25, 0.3) is 0 Å². The number of nitrogens with two attached hydrogens (primary N) is 1. The van der Waals surface area contributed by atoms with Crippen molar-refractivity contribution in [2.24, 2.45) is 0 Å². The van der Waals surface area contributed by atoms with Gasteiger partial charge in [-0.1, -0.05) is 18.2 Å². The fourth-order valence-electron chi connectivity index (χ4n) is 0.570. The van der Waals surface area contributed by atoms with Gasteiger partial charge < -0.3 is 5.73 Å². The fourth-order valence-corrected chi connectivity index (χ4v) is 0.570. The summed E-state index contributed by atoms with van der Waals surface area (Å²) in [6.07, 6.45) is 0. The summed E-state index contributed by atoms with van der Waals surface area (Å²) < 4.78 is 0. The van der Waals surface area contributed by atoms with Crippen molar-refractivity contribution in [3.05, 3.63) is 30.3 Å². The van der Waals surface area contributed by atoms with Crippen molar-refractivity contribution in [3.63, 3.8) is 0 Å². The van der Waals surface area contributed by atoms with E-state index in [1.165, 1.54) is 0 Å². The van der Waals surface area contributed by atoms with E-state index in [0.29, 0.717) is 0 Å². The van der Waals surface area contributed by atoms with Crippen LogP contribution in [0.5, 0.6) is 0 Å². The number of carbonyl (C=O) groups excluding carboxylic acids is 2. The quantitative estimate of drug-likeness (QED) is 0.397. The average Bonchev–Trinajstić information content (AvgIpc) is 2.17. The maximum atomic E-state index is 9.85. The van der Waals surface area contributed by atoms with Gasteiger partial charge in [-0.05, 0) is 12.1 Å². The van der Waals surface area contributed by atoms with E-state index in [4.69, 9.17) is 5.73 Å². The summed E-state index contributed by atoms with van der Waals surface area (Å²) >= 11 is 0. The molecule has 0 radical (unpaired) electrons. The molecule has 5 nitrogen and oxygen atoms in total. The predicted molar refractivity (Wildman–Crippen MR) is 54.4 cm³/mol. The summed E-state index contributed by atoms with van der Waals surface area (Å²) in [5.74, 6) is -1.28. The molecule has 0 aliphatic heterocycles. The van der Waals surface area contributed by atoms with Crippen LogP contribution < -0.4 is 5.73 Å². The van der Waals surface area contributed by atoms with Crippen LogP contribution in [0.4, 0.5) is 5.69 Å². The molecular weight excluding hydrogens is 198 g/mol. The number of rotatable bonds is 0. The Hall–Kier alpha value is -2.04. The third-order valence-electron chi connectivity index (χ3n) is 1.08. The Morgan fingerprint density at radius 3 is 1.60 bits per heavy atom. The molecule has 2 N–H and O–H groups in total. The van der Waals surface area contributed by atoms with E-state index in [2.05, 4.69) is 9.78 Å². The molecule has 0 saturated heterocycles. The van der Waals surface area contributed by atoms with E-state index < -0.39 is 11.9 Å². The van der Waals surface area contributed by atoms with Crippen LogP contribution in [0, 0.1) is 0 Å². The van der Waals surface area contributed by atoms with E-state index in [0.717, 1.165) is 19.5 Å². The molecular formula is C10H13NO4. The largest absolute Gasteiger partial charge is 0.399 e. The lowest BCUT2D eigenvalue weighted by atomic mass is 10.3. The van der Waals surface area contributed by atoms with Crippen LogP contribution in [0.2, 0.25) is 0 Å². The van der Waals surface area contributed by atoms with Crippen molar-refractivity contribution in [1.82, 2.24) is 0 Å². The van der Waals surface area contributed by atoms with Gasteiger partial charge in [0, 0.05) is 19.5 Å². The Morgan fingerprint density at radius 1 is 1.00 bits per heavy atom. The van der Waals surface area contributed by atoms with Gasteiger partial charge in [-0.15, -0.1) is 0 Å². The summed E-state index contributed by atoms with van der Waals surface area (Å²) in [7, 11) is 0. The second-order valence-electron chi connectivity index (χ2n) is 2.56. The van der Waals surface area contributed by atoms with Gasteiger partial charge in [-0.3, -0.25) is 0 Å². The number of carbonyl (C=O) groups is 2. The normalized spacial score (nSPS) is 8.13. The summed E-state index contributed by atoms with van der Waals surface area (Å²) in [4.78, 5) is 27.3. The molecule has 0 bridgehead atoms. The number of benzene rings is 1. The molecule has 0 saturated carbocycles. The highest BCUT2D eigenvalue weighted by molar-refractivity contribution is 5.69. The van der Waals surface area contributed by atoms with Crippen LogP contribution in [0.15, 0.2) is 30.3 Å². The van der Waals surface area contributed by atoms with E-state index >= 15 is 0 Å². The highest BCUT2D eigenvalue weighted by atomic mass is 17.2. The monoisotopic (exact) mass is 211 g/mol. The number of hydrogen-bond acceptors (Lipinski definition) is 5. The molecule has 0 unspecified atom stereocenters. The Balaban J connectivity index is 0.000000262. The van der Waals surface area contributed by atoms with Gasteiger partial charge in [0.15, 0.2) is 0 Å². The molecule has 0 heterocycles. The topological polar surface area (TPSA) is 78.6 Å². The molecule has 15 heavy (non-hydrogen) atoms. The second kappa shape index (κ2) is 7.37. The lowest BCUT2D eigenvalue weighted by Crippen LogP contribution is -2.03. The van der Waals surface area contributed by atoms with Gasteiger partial charge >= 0.3 is 11.9 Å². The minimum atomic E-state index is -0.639. The fraction of sp³-hybridized carbons (Fsp3) is 0.200. The van der Waals surface area contributed by atoms with Gasteiger partial charge in [0.1, 0.15) is 0 Å². The van der Waals surface area contributed by atoms with Gasteiger partial charge in [0.05, 0.1) is 0 Å². The molecule has 0 spiro atoms. The van der Waals surface area contributed by atoms with E-state index in [1.807, 2.05) is 30.3 Å². The van der Waals surface area contributed by atoms with Gasteiger partial charge in [0.2, 0.25) is 0 Å². The number of anilines is 1. The van der Waals surface area contributed by atoms with Crippen LogP contribution >= 0.6 is 0 Å². The first kappa shape index (κ1) is 13.0. The molecule has 0 aromatic heterocycles. The molecule has 82 valence electrons. The second-order valence-corrected chi connectivity index (χ2v) is 2.56. The van der Waals surface area contributed by atoms with Crippen LogP contribution in [-0.2, 0) is 19.4 Å². The summed E-state index contributed by atoms with van der Waals surface area (Å²) in [6, 6.07) is 9.49. The number of nitrogen functional groups attached to an aromatic ring is 1. The van der Waals surface area contributed by atoms with Crippen LogP contribution in [0.3, 0.4) is 0 Å².